The largest absolute Gasteiger partial charge is 0.497 e. The Morgan fingerprint density at radius 2 is 1.86 bits per heavy atom. The van der Waals surface area contributed by atoms with E-state index in [1.807, 2.05) is 24.3 Å². The highest BCUT2D eigenvalue weighted by Gasteiger charge is 2.25. The first-order valence-corrected chi connectivity index (χ1v) is 10.7. The van der Waals surface area contributed by atoms with E-state index in [1.165, 1.54) is 0 Å². The zero-order valence-corrected chi connectivity index (χ0v) is 16.8. The van der Waals surface area contributed by atoms with Gasteiger partial charge in [0.1, 0.15) is 5.75 Å². The third-order valence-electron chi connectivity index (χ3n) is 4.65. The highest BCUT2D eigenvalue weighted by atomic mass is 32.2. The van der Waals surface area contributed by atoms with Gasteiger partial charge in [-0.3, -0.25) is 0 Å². The van der Waals surface area contributed by atoms with E-state index in [1.54, 1.807) is 35.7 Å². The van der Waals surface area contributed by atoms with Crippen molar-refractivity contribution in [2.75, 3.05) is 25.5 Å². The van der Waals surface area contributed by atoms with Gasteiger partial charge in [-0.05, 0) is 42.7 Å². The Kier molecular flexibility index (Phi) is 6.53. The molecule has 8 heteroatoms. The summed E-state index contributed by atoms with van der Waals surface area (Å²) < 4.78 is 32.1. The number of aliphatic imine (C=N–C) groups is 1. The number of nitrogens with one attached hydrogen (secondary N) is 1. The molecule has 1 heterocycles. The van der Waals surface area contributed by atoms with Crippen molar-refractivity contribution in [1.82, 2.24) is 4.31 Å². The van der Waals surface area contributed by atoms with Crippen LogP contribution in [0.5, 0.6) is 5.75 Å². The molecule has 0 unspecified atom stereocenters. The summed E-state index contributed by atoms with van der Waals surface area (Å²) in [6.07, 6.45) is 2.94. The van der Waals surface area contributed by atoms with Crippen LogP contribution in [0.1, 0.15) is 24.8 Å². The lowest BCUT2D eigenvalue weighted by atomic mass is 10.2. The van der Waals surface area contributed by atoms with Gasteiger partial charge in [-0.2, -0.15) is 4.31 Å². The number of hydrogen-bond acceptors (Lipinski definition) is 4. The van der Waals surface area contributed by atoms with Gasteiger partial charge in [-0.1, -0.05) is 24.6 Å². The summed E-state index contributed by atoms with van der Waals surface area (Å²) in [5.41, 5.74) is 7.60. The number of nitrogens with two attached hydrogens (primary N) is 1. The molecule has 150 valence electrons. The first kappa shape index (κ1) is 20.2. The monoisotopic (exact) mass is 402 g/mol. The van der Waals surface area contributed by atoms with E-state index in [-0.39, 0.29) is 5.96 Å². The molecule has 3 rings (SSSR count). The number of anilines is 1. The fourth-order valence-corrected chi connectivity index (χ4v) is 4.60. The number of rotatable bonds is 6. The molecule has 0 bridgehead atoms. The van der Waals surface area contributed by atoms with Crippen molar-refractivity contribution < 1.29 is 13.2 Å². The fraction of sp³-hybridized carbons (Fsp3) is 0.350. The summed E-state index contributed by atoms with van der Waals surface area (Å²) in [6, 6.07) is 14.2. The second-order valence-electron chi connectivity index (χ2n) is 6.67. The second-order valence-corrected chi connectivity index (χ2v) is 8.61. The summed E-state index contributed by atoms with van der Waals surface area (Å²) in [4.78, 5) is 4.63. The average molecular weight is 403 g/mol. The van der Waals surface area contributed by atoms with Crippen LogP contribution in [0.4, 0.5) is 5.69 Å². The lowest BCUT2D eigenvalue weighted by Gasteiger charge is -2.25. The number of benzene rings is 2. The molecule has 0 spiro atoms. The molecule has 3 N–H and O–H groups in total. The van der Waals surface area contributed by atoms with Crippen molar-refractivity contribution in [2.45, 2.75) is 30.7 Å². The maximum absolute atomic E-state index is 12.7. The molecule has 1 aliphatic rings. The molecule has 0 atom stereocenters. The molecule has 1 fully saturated rings. The van der Waals surface area contributed by atoms with Crippen molar-refractivity contribution in [3.05, 3.63) is 54.1 Å². The summed E-state index contributed by atoms with van der Waals surface area (Å²) in [7, 11) is -1.81. The third-order valence-corrected chi connectivity index (χ3v) is 6.56. The van der Waals surface area contributed by atoms with Gasteiger partial charge in [-0.15, -0.1) is 0 Å². The van der Waals surface area contributed by atoms with Gasteiger partial charge in [-0.25, -0.2) is 13.4 Å². The number of ether oxygens (including phenoxy) is 1. The predicted octanol–water partition coefficient (Wildman–Crippen LogP) is 2.80. The topological polar surface area (TPSA) is 97.0 Å². The third kappa shape index (κ3) is 5.02. The zero-order chi connectivity index (χ0) is 20.0. The Hall–Kier alpha value is -2.58. The molecule has 0 aromatic heterocycles. The number of nitrogens with zero attached hydrogens (tertiary/aromatic N) is 2. The first-order valence-electron chi connectivity index (χ1n) is 9.29. The van der Waals surface area contributed by atoms with Crippen LogP contribution in [0.25, 0.3) is 0 Å². The Morgan fingerprint density at radius 1 is 1.14 bits per heavy atom. The Bertz CT molecular complexity index is 921. The maximum atomic E-state index is 12.7. The molecule has 0 amide bonds. The number of sulfonamides is 1. The molecule has 2 aromatic carbocycles. The van der Waals surface area contributed by atoms with E-state index in [2.05, 4.69) is 10.3 Å². The van der Waals surface area contributed by atoms with E-state index >= 15 is 0 Å². The highest BCUT2D eigenvalue weighted by molar-refractivity contribution is 7.89. The fourth-order valence-electron chi connectivity index (χ4n) is 3.09. The van der Waals surface area contributed by atoms with E-state index in [0.717, 1.165) is 36.3 Å². The van der Waals surface area contributed by atoms with Gasteiger partial charge in [0, 0.05) is 24.8 Å². The van der Waals surface area contributed by atoms with E-state index < -0.39 is 10.0 Å². The predicted molar refractivity (Wildman–Crippen MR) is 111 cm³/mol. The smallest absolute Gasteiger partial charge is 0.243 e. The number of piperidine rings is 1. The Morgan fingerprint density at radius 3 is 2.54 bits per heavy atom. The van der Waals surface area contributed by atoms with Crippen LogP contribution in [0.2, 0.25) is 0 Å². The van der Waals surface area contributed by atoms with Crippen molar-refractivity contribution in [2.24, 2.45) is 10.7 Å². The molecule has 1 saturated heterocycles. The summed E-state index contributed by atoms with van der Waals surface area (Å²) in [5.74, 6) is 1.00. The van der Waals surface area contributed by atoms with E-state index in [9.17, 15) is 8.42 Å². The van der Waals surface area contributed by atoms with Crippen LogP contribution in [-0.2, 0) is 16.6 Å². The van der Waals surface area contributed by atoms with Gasteiger partial charge in [0.25, 0.3) is 0 Å². The van der Waals surface area contributed by atoms with Crippen LogP contribution < -0.4 is 15.8 Å². The van der Waals surface area contributed by atoms with Gasteiger partial charge in [0.05, 0.1) is 18.6 Å². The van der Waals surface area contributed by atoms with Crippen LogP contribution >= 0.6 is 0 Å². The number of guanidine groups is 1. The van der Waals surface area contributed by atoms with Crippen molar-refractivity contribution in [3.63, 3.8) is 0 Å². The van der Waals surface area contributed by atoms with Crippen LogP contribution in [-0.4, -0.2) is 38.9 Å². The van der Waals surface area contributed by atoms with Gasteiger partial charge >= 0.3 is 0 Å². The van der Waals surface area contributed by atoms with E-state index in [0.29, 0.717) is 24.5 Å². The Labute approximate surface area is 166 Å². The van der Waals surface area contributed by atoms with Crippen LogP contribution in [0.3, 0.4) is 0 Å². The normalized spacial score (nSPS) is 16.0. The molecule has 1 aliphatic heterocycles. The van der Waals surface area contributed by atoms with Crippen LogP contribution in [0, 0.1) is 0 Å². The standard InChI is InChI=1S/C20H26N4O3S/c1-27-18-7-5-6-17(14-18)23-20(21)22-15-16-8-10-19(11-9-16)28(25,26)24-12-3-2-4-13-24/h5-11,14H,2-4,12-13,15H2,1H3,(H3,21,22,23). The minimum atomic E-state index is -3.41. The lowest BCUT2D eigenvalue weighted by molar-refractivity contribution is 0.346. The molecular weight excluding hydrogens is 376 g/mol. The zero-order valence-electron chi connectivity index (χ0n) is 16.0. The second kappa shape index (κ2) is 9.07. The van der Waals surface area contributed by atoms with Gasteiger partial charge in [0.2, 0.25) is 10.0 Å². The van der Waals surface area contributed by atoms with Gasteiger partial charge in [0.15, 0.2) is 5.96 Å². The Balaban J connectivity index is 1.62. The minimum absolute atomic E-state index is 0.276. The molecule has 28 heavy (non-hydrogen) atoms. The molecule has 7 nitrogen and oxygen atoms in total. The van der Waals surface area contributed by atoms with Crippen molar-refractivity contribution in [1.29, 1.82) is 0 Å². The minimum Gasteiger partial charge on any atom is -0.497 e. The summed E-state index contributed by atoms with van der Waals surface area (Å²) in [6.45, 7) is 1.55. The van der Waals surface area contributed by atoms with E-state index in [4.69, 9.17) is 10.5 Å². The molecule has 0 saturated carbocycles. The molecular formula is C20H26N4O3S. The number of hydrogen-bond donors (Lipinski definition) is 2. The summed E-state index contributed by atoms with van der Waals surface area (Å²) >= 11 is 0. The highest BCUT2D eigenvalue weighted by Crippen LogP contribution is 2.21. The maximum Gasteiger partial charge on any atom is 0.243 e. The van der Waals surface area contributed by atoms with Crippen LogP contribution in [0.15, 0.2) is 58.4 Å². The summed E-state index contributed by atoms with van der Waals surface area (Å²) in [5, 5.41) is 3.01. The number of methoxy groups -OCH3 is 1. The molecule has 0 radical (unpaired) electrons. The molecule has 2 aromatic rings. The molecule has 0 aliphatic carbocycles. The lowest BCUT2D eigenvalue weighted by Crippen LogP contribution is -2.35. The SMILES string of the molecule is COc1cccc(NC(N)=NCc2ccc(S(=O)(=O)N3CCCCC3)cc2)c1. The first-order chi connectivity index (χ1) is 13.5. The average Bonchev–Trinajstić information content (AvgIpc) is 2.73. The van der Waals surface area contributed by atoms with Crippen molar-refractivity contribution in [3.8, 4) is 5.75 Å². The quantitative estimate of drug-likeness (QED) is 0.572. The van der Waals surface area contributed by atoms with Gasteiger partial charge < -0.3 is 15.8 Å². The van der Waals surface area contributed by atoms with Crippen molar-refractivity contribution >= 4 is 21.7 Å².